The monoisotopic (exact) mass is 696 g/mol. The summed E-state index contributed by atoms with van der Waals surface area (Å²) in [5.41, 5.74) is 3.32. The van der Waals surface area contributed by atoms with Gasteiger partial charge in [0, 0.05) is 43.0 Å². The van der Waals surface area contributed by atoms with E-state index in [1.807, 2.05) is 54.6 Å². The number of aromatic nitrogens is 5. The molecule has 2 atom stereocenters. The van der Waals surface area contributed by atoms with Crippen molar-refractivity contribution in [1.29, 1.82) is 0 Å². The third kappa shape index (κ3) is 6.37. The van der Waals surface area contributed by atoms with Crippen LogP contribution in [0.25, 0.3) is 5.82 Å². The number of hydrogen-bond donors (Lipinski definition) is 2. The van der Waals surface area contributed by atoms with Gasteiger partial charge < -0.3 is 14.8 Å². The molecule has 0 bridgehead atoms. The first-order valence-corrected chi connectivity index (χ1v) is 16.8. The largest absolute Gasteiger partial charge is 0.490 e. The lowest BCUT2D eigenvalue weighted by Crippen LogP contribution is -2.54. The summed E-state index contributed by atoms with van der Waals surface area (Å²) in [5, 5.41) is 21.9. The molecule has 14 heteroatoms. The van der Waals surface area contributed by atoms with Gasteiger partial charge in [0.2, 0.25) is 17.7 Å². The van der Waals surface area contributed by atoms with Crippen LogP contribution in [0.1, 0.15) is 63.4 Å². The Hall–Kier alpha value is -6.70. The average molecular weight is 697 g/mol. The number of benzene rings is 3. The molecule has 3 aliphatic rings. The van der Waals surface area contributed by atoms with Crippen molar-refractivity contribution in [2.24, 2.45) is 0 Å². The number of imide groups is 2. The second-order valence-electron chi connectivity index (χ2n) is 12.8. The van der Waals surface area contributed by atoms with Crippen LogP contribution in [-0.2, 0) is 9.59 Å². The maximum Gasteiger partial charge on any atom is 0.262 e. The fourth-order valence-corrected chi connectivity index (χ4v) is 6.66. The van der Waals surface area contributed by atoms with Gasteiger partial charge in [0.15, 0.2) is 5.82 Å². The molecule has 5 aromatic rings. The fraction of sp³-hybridized carbons (Fsp3) is 0.211. The zero-order chi connectivity index (χ0) is 35.8. The highest BCUT2D eigenvalue weighted by molar-refractivity contribution is 6.23. The normalized spacial score (nSPS) is 20.1. The Bertz CT molecular complexity index is 2160. The topological polar surface area (TPSA) is 171 Å². The molecule has 260 valence electrons. The predicted octanol–water partition coefficient (Wildman–Crippen LogP) is 4.59. The van der Waals surface area contributed by atoms with Crippen molar-refractivity contribution >= 4 is 29.3 Å². The second-order valence-corrected chi connectivity index (χ2v) is 12.8. The third-order valence-electron chi connectivity index (χ3n) is 9.39. The van der Waals surface area contributed by atoms with Crippen LogP contribution in [0.2, 0.25) is 0 Å². The summed E-state index contributed by atoms with van der Waals surface area (Å²) < 4.78 is 12.1. The number of anilines is 1. The minimum Gasteiger partial charge on any atom is -0.490 e. The number of nitrogens with one attached hydrogen (secondary N) is 2. The van der Waals surface area contributed by atoms with Crippen molar-refractivity contribution in [2.75, 3.05) is 5.32 Å². The van der Waals surface area contributed by atoms with Gasteiger partial charge in [-0.1, -0.05) is 30.3 Å². The minimum atomic E-state index is -0.992. The second kappa shape index (κ2) is 13.5. The number of ether oxygens (including phenoxy) is 2. The molecular weight excluding hydrogens is 664 g/mol. The number of amides is 4. The average Bonchev–Trinajstić information content (AvgIpc) is 3.76. The van der Waals surface area contributed by atoms with E-state index in [9.17, 15) is 19.2 Å². The van der Waals surface area contributed by atoms with E-state index in [0.29, 0.717) is 23.1 Å². The van der Waals surface area contributed by atoms with E-state index in [4.69, 9.17) is 9.47 Å². The van der Waals surface area contributed by atoms with Gasteiger partial charge in [-0.05, 0) is 66.1 Å². The Kier molecular flexibility index (Phi) is 8.47. The van der Waals surface area contributed by atoms with Gasteiger partial charge in [-0.25, -0.2) is 0 Å². The first kappa shape index (κ1) is 32.5. The van der Waals surface area contributed by atoms with Gasteiger partial charge in [0.1, 0.15) is 23.6 Å². The summed E-state index contributed by atoms with van der Waals surface area (Å²) in [5.74, 6) is 0.111. The van der Waals surface area contributed by atoms with Crippen LogP contribution in [0.5, 0.6) is 17.4 Å². The summed E-state index contributed by atoms with van der Waals surface area (Å²) in [6.07, 6.45) is 6.77. The molecule has 1 saturated heterocycles. The first-order valence-electron chi connectivity index (χ1n) is 16.8. The number of rotatable bonds is 11. The van der Waals surface area contributed by atoms with E-state index >= 15 is 0 Å². The summed E-state index contributed by atoms with van der Waals surface area (Å²) in [6, 6.07) is 23.3. The predicted molar refractivity (Wildman–Crippen MR) is 186 cm³/mol. The quantitative estimate of drug-likeness (QED) is 0.146. The molecule has 8 rings (SSSR count). The number of carbonyl (C=O) groups is 4. The van der Waals surface area contributed by atoms with Crippen LogP contribution < -0.4 is 20.1 Å². The molecule has 2 aliphatic heterocycles. The lowest BCUT2D eigenvalue weighted by molar-refractivity contribution is -0.136. The zero-order valence-corrected chi connectivity index (χ0v) is 27.7. The van der Waals surface area contributed by atoms with Gasteiger partial charge in [0.25, 0.3) is 11.8 Å². The lowest BCUT2D eigenvalue weighted by Gasteiger charge is -2.36. The van der Waals surface area contributed by atoms with Gasteiger partial charge in [-0.3, -0.25) is 29.4 Å². The maximum absolute atomic E-state index is 13.2. The summed E-state index contributed by atoms with van der Waals surface area (Å²) in [4.78, 5) is 52.4. The molecule has 3 aromatic carbocycles. The molecule has 1 aliphatic carbocycles. The maximum atomic E-state index is 13.2. The molecule has 52 heavy (non-hydrogen) atoms. The van der Waals surface area contributed by atoms with Crippen molar-refractivity contribution in [3.8, 4) is 23.2 Å². The number of allylic oxidation sites excluding steroid dienone is 1. The van der Waals surface area contributed by atoms with Crippen LogP contribution in [0.4, 0.5) is 5.69 Å². The van der Waals surface area contributed by atoms with Crippen molar-refractivity contribution < 1.29 is 28.7 Å². The number of fused-ring (bicyclic) bond motifs is 1. The SMILES string of the molecule is C=C[C@@H](c1ccc(Oc2ccc(-n3nccn3)nn2)cc1)c1ccc(OC2CC(Nc3ccc4c(c3)C(=O)N([C@@H]3CCC(=O)NC3=O)C4=O)C2)cc1. The van der Waals surface area contributed by atoms with Crippen LogP contribution in [0.15, 0.2) is 104 Å². The fourth-order valence-electron chi connectivity index (χ4n) is 6.66. The first-order chi connectivity index (χ1) is 25.3. The number of nitrogens with zero attached hydrogens (tertiary/aromatic N) is 6. The Morgan fingerprint density at radius 1 is 0.827 bits per heavy atom. The number of piperidine rings is 1. The van der Waals surface area contributed by atoms with Crippen LogP contribution in [0.3, 0.4) is 0 Å². The highest BCUT2D eigenvalue weighted by Gasteiger charge is 2.44. The van der Waals surface area contributed by atoms with Crippen LogP contribution in [0, 0.1) is 0 Å². The van der Waals surface area contributed by atoms with E-state index in [1.165, 1.54) is 4.80 Å². The molecule has 0 radical (unpaired) electrons. The minimum absolute atomic E-state index is 0.0230. The van der Waals surface area contributed by atoms with Crippen molar-refractivity contribution in [2.45, 2.75) is 49.8 Å². The van der Waals surface area contributed by atoms with Crippen LogP contribution in [-0.4, -0.2) is 71.9 Å². The molecule has 0 spiro atoms. The molecule has 4 heterocycles. The third-order valence-corrected chi connectivity index (χ3v) is 9.39. The van der Waals surface area contributed by atoms with E-state index in [1.54, 1.807) is 42.7 Å². The molecule has 4 amide bonds. The van der Waals surface area contributed by atoms with E-state index in [2.05, 4.69) is 37.6 Å². The van der Waals surface area contributed by atoms with E-state index in [-0.39, 0.29) is 42.0 Å². The van der Waals surface area contributed by atoms with Gasteiger partial charge in [0.05, 0.1) is 23.5 Å². The van der Waals surface area contributed by atoms with E-state index in [0.717, 1.165) is 34.6 Å². The molecule has 0 unspecified atom stereocenters. The Morgan fingerprint density at radius 2 is 1.52 bits per heavy atom. The lowest BCUT2D eigenvalue weighted by atomic mass is 9.88. The summed E-state index contributed by atoms with van der Waals surface area (Å²) in [6.45, 7) is 4.06. The smallest absolute Gasteiger partial charge is 0.262 e. The van der Waals surface area contributed by atoms with Gasteiger partial charge in [-0.15, -0.1) is 21.6 Å². The molecule has 2 fully saturated rings. The zero-order valence-electron chi connectivity index (χ0n) is 27.7. The highest BCUT2D eigenvalue weighted by atomic mass is 16.5. The Morgan fingerprint density at radius 3 is 2.17 bits per heavy atom. The van der Waals surface area contributed by atoms with Crippen molar-refractivity contribution in [3.63, 3.8) is 0 Å². The van der Waals surface area contributed by atoms with Crippen molar-refractivity contribution in [1.82, 2.24) is 35.4 Å². The molecule has 2 aromatic heterocycles. The summed E-state index contributed by atoms with van der Waals surface area (Å²) in [7, 11) is 0. The standard InChI is InChI=1S/C38H32N8O6/c1-2-29(23-5-10-27(11-6-23)52-35-16-14-33(43-44-35)46-39-17-18-40-46)22-3-8-26(9-4-22)51-28-19-25(20-28)41-24-7-12-30-31(21-24)38(50)45(37(30)49)32-13-15-34(47)42-36(32)48/h2-12,14,16-18,21,25,28-29,32,41H,1,13,15,19-20H2,(H,42,47,48)/t25?,28?,29-,32-/m1/s1. The molecule has 1 saturated carbocycles. The summed E-state index contributed by atoms with van der Waals surface area (Å²) >= 11 is 0. The molecule has 2 N–H and O–H groups in total. The Labute approximate surface area is 297 Å². The van der Waals surface area contributed by atoms with Gasteiger partial charge >= 0.3 is 0 Å². The van der Waals surface area contributed by atoms with Crippen LogP contribution >= 0.6 is 0 Å². The highest BCUT2D eigenvalue weighted by Crippen LogP contribution is 2.34. The molecular formula is C38H32N8O6. The number of carbonyl (C=O) groups excluding carboxylic acids is 4. The van der Waals surface area contributed by atoms with Gasteiger partial charge in [-0.2, -0.15) is 10.2 Å². The molecule has 14 nitrogen and oxygen atoms in total. The number of hydrogen-bond acceptors (Lipinski definition) is 11. The Balaban J connectivity index is 0.829. The van der Waals surface area contributed by atoms with E-state index < -0.39 is 29.7 Å². The van der Waals surface area contributed by atoms with Crippen molar-refractivity contribution in [3.05, 3.63) is 126 Å².